The Morgan fingerprint density at radius 2 is 1.22 bits per heavy atom. The minimum Gasteiger partial charge on any atom is -0.405 e. The van der Waals surface area contributed by atoms with Gasteiger partial charge in [-0.1, -0.05) is 0 Å². The summed E-state index contributed by atoms with van der Waals surface area (Å²) in [5, 5.41) is -3.05. The van der Waals surface area contributed by atoms with E-state index in [0.29, 0.717) is 0 Å². The zero-order chi connectivity index (χ0) is 24.3. The van der Waals surface area contributed by atoms with E-state index in [2.05, 4.69) is 9.47 Å². The van der Waals surface area contributed by atoms with Crippen molar-refractivity contribution >= 4 is 30.6 Å². The maximum absolute atomic E-state index is 13.0. The molecule has 182 valence electrons. The molecule has 0 aliphatic carbocycles. The van der Waals surface area contributed by atoms with Crippen molar-refractivity contribution < 1.29 is 86.0 Å². The fourth-order valence-corrected chi connectivity index (χ4v) is 7.64. The molecular formula is C14H20F6LiO9SSi+. The number of rotatable bonds is 10. The molecule has 32 heavy (non-hydrogen) atoms. The van der Waals surface area contributed by atoms with E-state index in [1.54, 1.807) is 0 Å². The maximum atomic E-state index is 13.0. The van der Waals surface area contributed by atoms with Crippen LogP contribution in [0.3, 0.4) is 0 Å². The SMILES string of the molecule is CCO[Si](CCS(=O)(=O)C1C(=O)OC(C(F)(F)F)(C(F)(F)F)OC1=O)(OCC)OCC.[Li+]. The van der Waals surface area contributed by atoms with Crippen molar-refractivity contribution in [2.45, 2.75) is 50.2 Å². The van der Waals surface area contributed by atoms with Crippen LogP contribution in [0.15, 0.2) is 0 Å². The molecule has 1 aliphatic rings. The van der Waals surface area contributed by atoms with Crippen molar-refractivity contribution in [1.29, 1.82) is 0 Å². The molecule has 0 saturated carbocycles. The molecular weight excluding hydrogens is 493 g/mol. The smallest absolute Gasteiger partial charge is 0.405 e. The number of cyclic esters (lactones) is 2. The number of hydrogen-bond acceptors (Lipinski definition) is 9. The first-order chi connectivity index (χ1) is 14.0. The van der Waals surface area contributed by atoms with Gasteiger partial charge in [-0.25, -0.2) is 18.0 Å². The van der Waals surface area contributed by atoms with E-state index in [4.69, 9.17) is 13.3 Å². The van der Waals surface area contributed by atoms with Gasteiger partial charge in [0.1, 0.15) is 0 Å². The van der Waals surface area contributed by atoms with Crippen LogP contribution < -0.4 is 18.9 Å². The number of alkyl halides is 6. The summed E-state index contributed by atoms with van der Waals surface area (Å²) >= 11 is 0. The van der Waals surface area contributed by atoms with Crippen LogP contribution in [0.2, 0.25) is 6.04 Å². The second-order valence-electron chi connectivity index (χ2n) is 5.93. The second kappa shape index (κ2) is 11.1. The van der Waals surface area contributed by atoms with Gasteiger partial charge in [0.2, 0.25) is 0 Å². The number of hydrogen-bond donors (Lipinski definition) is 0. The number of esters is 2. The molecule has 1 fully saturated rings. The Morgan fingerprint density at radius 1 is 0.875 bits per heavy atom. The molecule has 0 spiro atoms. The molecule has 1 heterocycles. The summed E-state index contributed by atoms with van der Waals surface area (Å²) in [6.45, 7) is 4.70. The normalized spacial score (nSPS) is 18.0. The Bertz CT molecular complexity index is 723. The summed E-state index contributed by atoms with van der Waals surface area (Å²) in [5.74, 6) is -11.8. The predicted octanol–water partition coefficient (Wildman–Crippen LogP) is -1.26. The number of carbonyl (C=O) groups excluding carboxylic acids is 2. The van der Waals surface area contributed by atoms with Crippen molar-refractivity contribution in [3.63, 3.8) is 0 Å². The van der Waals surface area contributed by atoms with Crippen molar-refractivity contribution in [3.05, 3.63) is 0 Å². The maximum Gasteiger partial charge on any atom is 1.00 e. The van der Waals surface area contributed by atoms with Crippen molar-refractivity contribution in [3.8, 4) is 0 Å². The molecule has 0 aromatic rings. The van der Waals surface area contributed by atoms with E-state index >= 15 is 0 Å². The second-order valence-corrected chi connectivity index (χ2v) is 10.9. The van der Waals surface area contributed by atoms with Gasteiger partial charge in [0, 0.05) is 25.9 Å². The Hall–Kier alpha value is -0.836. The molecule has 0 unspecified atom stereocenters. The zero-order valence-corrected chi connectivity index (χ0v) is 19.3. The van der Waals surface area contributed by atoms with Crippen LogP contribution in [0.4, 0.5) is 26.3 Å². The Labute approximate surface area is 192 Å². The van der Waals surface area contributed by atoms with Gasteiger partial charge in [-0.2, -0.15) is 26.3 Å². The van der Waals surface area contributed by atoms with Crippen LogP contribution in [0, 0.1) is 0 Å². The van der Waals surface area contributed by atoms with Gasteiger partial charge in [-0.3, -0.25) is 0 Å². The van der Waals surface area contributed by atoms with E-state index in [1.165, 1.54) is 20.8 Å². The average Bonchev–Trinajstić information content (AvgIpc) is 2.58. The third kappa shape index (κ3) is 6.39. The Kier molecular flexibility index (Phi) is 10.8. The van der Waals surface area contributed by atoms with Crippen molar-refractivity contribution in [2.24, 2.45) is 0 Å². The predicted molar refractivity (Wildman–Crippen MR) is 90.0 cm³/mol. The molecule has 1 saturated heterocycles. The fraction of sp³-hybridized carbons (Fsp3) is 0.857. The summed E-state index contributed by atoms with van der Waals surface area (Å²) in [7, 11) is -8.64. The standard InChI is InChI=1S/C14H20F6O9SSi.Li/c1-4-25-31(26-5-2,27-6-3)8-7-30(23,24)9-10(21)28-12(13(15,16)17,14(18,19)20)29-11(9)22;/h9H,4-8H2,1-3H3;/q;+1. The van der Waals surface area contributed by atoms with Gasteiger partial charge in [-0.05, 0) is 20.8 Å². The third-order valence-electron chi connectivity index (χ3n) is 3.81. The number of sulfone groups is 1. The average molecular weight is 513 g/mol. The summed E-state index contributed by atoms with van der Waals surface area (Å²) in [6.07, 6.45) is -12.8. The molecule has 9 nitrogen and oxygen atoms in total. The molecule has 0 aromatic heterocycles. The van der Waals surface area contributed by atoms with E-state index in [9.17, 15) is 44.3 Å². The summed E-state index contributed by atoms with van der Waals surface area (Å²) in [6, 6.07) is -0.536. The molecule has 0 atom stereocenters. The third-order valence-corrected chi connectivity index (χ3v) is 9.09. The first-order valence-corrected chi connectivity index (χ1v) is 12.4. The first-order valence-electron chi connectivity index (χ1n) is 8.75. The van der Waals surface area contributed by atoms with Crippen molar-refractivity contribution in [2.75, 3.05) is 25.6 Å². The van der Waals surface area contributed by atoms with E-state index in [1.807, 2.05) is 0 Å². The number of ether oxygens (including phenoxy) is 2. The largest absolute Gasteiger partial charge is 1.00 e. The van der Waals surface area contributed by atoms with Crippen LogP contribution >= 0.6 is 0 Å². The van der Waals surface area contributed by atoms with Gasteiger partial charge in [0.15, 0.2) is 9.84 Å². The van der Waals surface area contributed by atoms with Crippen LogP contribution in [-0.2, 0) is 42.2 Å². The molecule has 0 radical (unpaired) electrons. The fourth-order valence-electron chi connectivity index (χ4n) is 2.58. The molecule has 0 bridgehead atoms. The van der Waals surface area contributed by atoms with Gasteiger partial charge in [0.25, 0.3) is 5.25 Å². The van der Waals surface area contributed by atoms with Crippen LogP contribution in [0.5, 0.6) is 0 Å². The molecule has 18 heteroatoms. The molecule has 0 N–H and O–H groups in total. The summed E-state index contributed by atoms with van der Waals surface area (Å²) < 4.78 is 125. The number of halogens is 6. The Morgan fingerprint density at radius 3 is 1.50 bits per heavy atom. The van der Waals surface area contributed by atoms with Crippen LogP contribution in [0.1, 0.15) is 20.8 Å². The molecule has 1 aliphatic heterocycles. The summed E-state index contributed by atoms with van der Waals surface area (Å²) in [5.41, 5.74) is 0. The van der Waals surface area contributed by atoms with E-state index in [0.717, 1.165) is 0 Å². The van der Waals surface area contributed by atoms with E-state index < -0.39 is 65.8 Å². The summed E-state index contributed by atoms with van der Waals surface area (Å²) in [4.78, 5) is 23.8. The number of carbonyl (C=O) groups is 2. The van der Waals surface area contributed by atoms with Gasteiger partial charge in [0.05, 0.1) is 5.75 Å². The molecule has 1 rings (SSSR count). The van der Waals surface area contributed by atoms with E-state index in [-0.39, 0.29) is 38.7 Å². The van der Waals surface area contributed by atoms with Gasteiger partial charge >= 0.3 is 57.7 Å². The zero-order valence-electron chi connectivity index (χ0n) is 17.5. The monoisotopic (exact) mass is 513 g/mol. The van der Waals surface area contributed by atoms with Gasteiger partial charge < -0.3 is 22.8 Å². The topological polar surface area (TPSA) is 114 Å². The minimum absolute atomic E-state index is 0. The molecule has 0 amide bonds. The minimum atomic E-state index is -6.41. The van der Waals surface area contributed by atoms with Crippen LogP contribution in [0.25, 0.3) is 0 Å². The first kappa shape index (κ1) is 31.2. The van der Waals surface area contributed by atoms with Gasteiger partial charge in [-0.15, -0.1) is 0 Å². The quantitative estimate of drug-likeness (QED) is 0.153. The van der Waals surface area contributed by atoms with Crippen LogP contribution in [-0.4, -0.2) is 78.1 Å². The van der Waals surface area contributed by atoms with Crippen molar-refractivity contribution in [1.82, 2.24) is 0 Å². The Balaban J connectivity index is 0.00000961. The molecule has 0 aromatic carbocycles.